The van der Waals surface area contributed by atoms with Crippen LogP contribution in [-0.4, -0.2) is 44.6 Å². The number of nitrogens with one attached hydrogen (secondary N) is 3. The van der Waals surface area contributed by atoms with Crippen LogP contribution in [0.5, 0.6) is 0 Å². The number of sulfonamides is 1. The lowest BCUT2D eigenvalue weighted by molar-refractivity contribution is 0.284. The molecule has 182 valence electrons. The molecular formula is C24H31ClN6O2S. The van der Waals surface area contributed by atoms with E-state index in [1.54, 1.807) is 12.1 Å². The van der Waals surface area contributed by atoms with Gasteiger partial charge in [0.05, 0.1) is 10.4 Å². The Labute approximate surface area is 205 Å². The first kappa shape index (κ1) is 24.7. The summed E-state index contributed by atoms with van der Waals surface area (Å²) in [5.41, 5.74) is 6.53. The van der Waals surface area contributed by atoms with Crippen molar-refractivity contribution in [2.45, 2.75) is 30.6 Å². The number of nitrogens with two attached hydrogens (primary N) is 1. The van der Waals surface area contributed by atoms with Gasteiger partial charge in [-0.2, -0.15) is 4.98 Å². The second-order valence-electron chi connectivity index (χ2n) is 8.70. The molecule has 1 heterocycles. The van der Waals surface area contributed by atoms with E-state index in [1.807, 2.05) is 24.3 Å². The molecule has 1 aromatic heterocycles. The Bertz CT molecular complexity index is 1200. The highest BCUT2D eigenvalue weighted by atomic mass is 35.5. The van der Waals surface area contributed by atoms with Gasteiger partial charge < -0.3 is 16.4 Å². The van der Waals surface area contributed by atoms with Crippen molar-refractivity contribution in [2.24, 2.45) is 17.6 Å². The summed E-state index contributed by atoms with van der Waals surface area (Å²) in [5.74, 6) is 2.23. The summed E-state index contributed by atoms with van der Waals surface area (Å²) in [4.78, 5) is 9.55. The molecule has 0 bridgehead atoms. The number of benzene rings is 2. The Hall–Kier alpha value is -2.46. The van der Waals surface area contributed by atoms with E-state index < -0.39 is 10.0 Å². The predicted molar refractivity (Wildman–Crippen MR) is 138 cm³/mol. The highest BCUT2D eigenvalue weighted by molar-refractivity contribution is 7.89. The molecule has 0 radical (unpaired) electrons. The van der Waals surface area contributed by atoms with Gasteiger partial charge in [0, 0.05) is 36.6 Å². The van der Waals surface area contributed by atoms with Gasteiger partial charge in [-0.3, -0.25) is 0 Å². The molecule has 8 nitrogen and oxygen atoms in total. The molecule has 0 atom stereocenters. The van der Waals surface area contributed by atoms with Crippen LogP contribution in [-0.2, 0) is 10.0 Å². The van der Waals surface area contributed by atoms with Crippen LogP contribution >= 0.6 is 11.6 Å². The van der Waals surface area contributed by atoms with Crippen LogP contribution < -0.4 is 21.1 Å². The molecule has 0 saturated heterocycles. The highest BCUT2D eigenvalue weighted by Gasteiger charge is 2.23. The minimum Gasteiger partial charge on any atom is -0.368 e. The van der Waals surface area contributed by atoms with Gasteiger partial charge in [0.15, 0.2) is 0 Å². The van der Waals surface area contributed by atoms with Crippen LogP contribution in [0.2, 0.25) is 5.02 Å². The molecule has 0 unspecified atom stereocenters. The molecule has 0 aliphatic heterocycles. The number of anilines is 2. The largest absolute Gasteiger partial charge is 0.368 e. The summed E-state index contributed by atoms with van der Waals surface area (Å²) in [6.07, 6.45) is 4.03. The van der Waals surface area contributed by atoms with Gasteiger partial charge in [-0.1, -0.05) is 23.7 Å². The zero-order valence-corrected chi connectivity index (χ0v) is 20.6. The van der Waals surface area contributed by atoms with Gasteiger partial charge in [-0.15, -0.1) is 0 Å². The van der Waals surface area contributed by atoms with Crippen LogP contribution in [0, 0.1) is 11.8 Å². The van der Waals surface area contributed by atoms with E-state index in [1.165, 1.54) is 12.1 Å². The van der Waals surface area contributed by atoms with Gasteiger partial charge in [-0.05, 0) is 73.9 Å². The van der Waals surface area contributed by atoms with Gasteiger partial charge in [-0.25, -0.2) is 18.1 Å². The molecule has 34 heavy (non-hydrogen) atoms. The third-order valence-electron chi connectivity index (χ3n) is 6.24. The Balaban J connectivity index is 1.27. The quantitative estimate of drug-likeness (QED) is 0.332. The van der Waals surface area contributed by atoms with Crippen LogP contribution in [0.4, 0.5) is 11.8 Å². The molecule has 4 rings (SSSR count). The number of hydrogen-bond donors (Lipinski definition) is 4. The van der Waals surface area contributed by atoms with Crippen molar-refractivity contribution in [1.82, 2.24) is 14.7 Å². The molecule has 1 fully saturated rings. The lowest BCUT2D eigenvalue weighted by Gasteiger charge is -2.28. The van der Waals surface area contributed by atoms with Crippen molar-refractivity contribution in [2.75, 3.05) is 36.8 Å². The highest BCUT2D eigenvalue weighted by Crippen LogP contribution is 2.29. The normalized spacial score (nSPS) is 18.6. The number of para-hydroxylation sites is 1. The molecule has 10 heteroatoms. The van der Waals surface area contributed by atoms with Crippen LogP contribution in [0.15, 0.2) is 53.4 Å². The lowest BCUT2D eigenvalue weighted by Crippen LogP contribution is -2.32. The first-order valence-corrected chi connectivity index (χ1v) is 13.5. The van der Waals surface area contributed by atoms with Crippen molar-refractivity contribution in [3.05, 3.63) is 53.6 Å². The minimum atomic E-state index is -3.52. The number of hydrogen-bond acceptors (Lipinski definition) is 7. The second-order valence-corrected chi connectivity index (χ2v) is 10.9. The van der Waals surface area contributed by atoms with Crippen LogP contribution in [0.25, 0.3) is 10.9 Å². The first-order valence-electron chi connectivity index (χ1n) is 11.6. The SMILES string of the molecule is NCCNc1nc(NC[C@H]2CC[C@H](CNS(=O)(=O)c3ccc(Cl)cc3)CC2)nc2ccccc12. The molecule has 0 spiro atoms. The lowest BCUT2D eigenvalue weighted by atomic mass is 9.82. The molecule has 1 aliphatic rings. The third-order valence-corrected chi connectivity index (χ3v) is 7.93. The van der Waals surface area contributed by atoms with Crippen LogP contribution in [0.1, 0.15) is 25.7 Å². The number of aromatic nitrogens is 2. The van der Waals surface area contributed by atoms with Crippen molar-refractivity contribution in [1.29, 1.82) is 0 Å². The summed E-state index contributed by atoms with van der Waals surface area (Å²) in [5, 5.41) is 8.18. The summed E-state index contributed by atoms with van der Waals surface area (Å²) in [7, 11) is -3.52. The van der Waals surface area contributed by atoms with Crippen LogP contribution in [0.3, 0.4) is 0 Å². The zero-order chi connectivity index (χ0) is 24.0. The molecule has 1 saturated carbocycles. The molecule has 2 aromatic carbocycles. The summed E-state index contributed by atoms with van der Waals surface area (Å²) in [6.45, 7) is 2.42. The average Bonchev–Trinajstić information content (AvgIpc) is 2.85. The maximum absolute atomic E-state index is 12.5. The number of halogens is 1. The maximum Gasteiger partial charge on any atom is 0.240 e. The van der Waals surface area contributed by atoms with Gasteiger partial charge in [0.1, 0.15) is 5.82 Å². The van der Waals surface area contributed by atoms with E-state index in [2.05, 4.69) is 25.3 Å². The molecule has 0 amide bonds. The molecule has 3 aromatic rings. The monoisotopic (exact) mass is 502 g/mol. The Morgan fingerprint density at radius 2 is 1.59 bits per heavy atom. The number of rotatable bonds is 10. The Morgan fingerprint density at radius 1 is 0.912 bits per heavy atom. The number of nitrogens with zero attached hydrogens (tertiary/aromatic N) is 2. The number of fused-ring (bicyclic) bond motifs is 1. The zero-order valence-electron chi connectivity index (χ0n) is 19.0. The van der Waals surface area contributed by atoms with Gasteiger partial charge >= 0.3 is 0 Å². The summed E-state index contributed by atoms with van der Waals surface area (Å²) >= 11 is 5.86. The molecule has 1 aliphatic carbocycles. The van der Waals surface area contributed by atoms with Crippen molar-refractivity contribution in [3.8, 4) is 0 Å². The van der Waals surface area contributed by atoms with E-state index >= 15 is 0 Å². The molecule has 5 N–H and O–H groups in total. The topological polar surface area (TPSA) is 122 Å². The summed E-state index contributed by atoms with van der Waals surface area (Å²) < 4.78 is 27.8. The average molecular weight is 503 g/mol. The van der Waals surface area contributed by atoms with Crippen molar-refractivity contribution in [3.63, 3.8) is 0 Å². The minimum absolute atomic E-state index is 0.241. The Morgan fingerprint density at radius 3 is 2.29 bits per heavy atom. The fourth-order valence-corrected chi connectivity index (χ4v) is 5.52. The third kappa shape index (κ3) is 6.35. The van der Waals surface area contributed by atoms with E-state index in [0.717, 1.165) is 48.9 Å². The fourth-order valence-electron chi connectivity index (χ4n) is 4.28. The van der Waals surface area contributed by atoms with E-state index in [9.17, 15) is 8.42 Å². The predicted octanol–water partition coefficient (Wildman–Crippen LogP) is 3.85. The van der Waals surface area contributed by atoms with Gasteiger partial charge in [0.25, 0.3) is 0 Å². The Kier molecular flexibility index (Phi) is 8.20. The first-order chi connectivity index (χ1) is 16.4. The smallest absolute Gasteiger partial charge is 0.240 e. The maximum atomic E-state index is 12.5. The van der Waals surface area contributed by atoms with E-state index in [4.69, 9.17) is 17.3 Å². The van der Waals surface area contributed by atoms with Gasteiger partial charge in [0.2, 0.25) is 16.0 Å². The summed E-state index contributed by atoms with van der Waals surface area (Å²) in [6, 6.07) is 14.1. The van der Waals surface area contributed by atoms with Crippen molar-refractivity contribution < 1.29 is 8.42 Å². The standard InChI is InChI=1S/C24H31ClN6O2S/c25-19-9-11-20(12-10-19)34(32,33)29-16-18-7-5-17(6-8-18)15-28-24-30-22-4-2-1-3-21(22)23(31-24)27-14-13-26/h1-4,9-12,17-18,29H,5-8,13-16,26H2,(H2,27,28,30,31)/t17-,18-. The second kappa shape index (κ2) is 11.3. The molecular weight excluding hydrogens is 472 g/mol. The van der Waals surface area contributed by atoms with Crippen molar-refractivity contribution >= 4 is 44.3 Å². The van der Waals surface area contributed by atoms with E-state index in [-0.39, 0.29) is 4.90 Å². The van der Waals surface area contributed by atoms with E-state index in [0.29, 0.717) is 42.4 Å². The fraction of sp³-hybridized carbons (Fsp3) is 0.417.